The third-order valence-corrected chi connectivity index (χ3v) is 5.33. The lowest BCUT2D eigenvalue weighted by Gasteiger charge is -2.09. The number of carbonyl (C=O) groups excluding carboxylic acids is 1. The highest BCUT2D eigenvalue weighted by Crippen LogP contribution is 2.23. The Bertz CT molecular complexity index is 926. The number of anilines is 1. The monoisotopic (exact) mass is 434 g/mol. The van der Waals surface area contributed by atoms with E-state index in [1.165, 1.54) is 17.3 Å². The second kappa shape index (κ2) is 9.96. The Morgan fingerprint density at radius 3 is 2.50 bits per heavy atom. The summed E-state index contributed by atoms with van der Waals surface area (Å²) in [5.41, 5.74) is 1.75. The van der Waals surface area contributed by atoms with E-state index >= 15 is 0 Å². The van der Waals surface area contributed by atoms with E-state index in [2.05, 4.69) is 39.1 Å². The van der Waals surface area contributed by atoms with Crippen molar-refractivity contribution >= 4 is 46.6 Å². The molecule has 0 aliphatic rings. The molecule has 5 nitrogen and oxygen atoms in total. The lowest BCUT2D eigenvalue weighted by molar-refractivity contribution is -0.113. The molecule has 2 aromatic carbocycles. The Kier molecular flexibility index (Phi) is 7.36. The number of nitrogens with one attached hydrogen (secondary N) is 1. The summed E-state index contributed by atoms with van der Waals surface area (Å²) in [5.74, 6) is 0.966. The summed E-state index contributed by atoms with van der Waals surface area (Å²) in [6, 6.07) is 15.1. The molecule has 1 heterocycles. The van der Waals surface area contributed by atoms with E-state index in [4.69, 9.17) is 23.2 Å². The fourth-order valence-electron chi connectivity index (χ4n) is 2.74. The number of benzene rings is 2. The number of rotatable bonds is 8. The maximum Gasteiger partial charge on any atom is 0.234 e. The normalized spacial score (nSPS) is 10.8. The molecule has 0 aliphatic heterocycles. The summed E-state index contributed by atoms with van der Waals surface area (Å²) in [5, 5.41) is 13.1. The minimum absolute atomic E-state index is 0.154. The first-order valence-corrected chi connectivity index (χ1v) is 10.6. The van der Waals surface area contributed by atoms with Crippen LogP contribution in [0.4, 0.5) is 5.69 Å². The Hall–Kier alpha value is -2.02. The van der Waals surface area contributed by atoms with Crippen LogP contribution in [0.5, 0.6) is 0 Å². The molecule has 3 rings (SSSR count). The van der Waals surface area contributed by atoms with Gasteiger partial charge in [-0.15, -0.1) is 10.2 Å². The first-order valence-electron chi connectivity index (χ1n) is 8.90. The van der Waals surface area contributed by atoms with Crippen molar-refractivity contribution in [3.8, 4) is 0 Å². The van der Waals surface area contributed by atoms with Crippen LogP contribution >= 0.6 is 35.0 Å². The molecule has 28 heavy (non-hydrogen) atoms. The number of hydrogen-bond donors (Lipinski definition) is 1. The summed E-state index contributed by atoms with van der Waals surface area (Å²) in [6.07, 6.45) is 1.67. The van der Waals surface area contributed by atoms with Crippen LogP contribution in [0.1, 0.15) is 24.7 Å². The average molecular weight is 435 g/mol. The molecular weight excluding hydrogens is 415 g/mol. The second-order valence-corrected chi connectivity index (χ2v) is 8.02. The molecule has 8 heteroatoms. The molecular formula is C20H20Cl2N4OS. The van der Waals surface area contributed by atoms with Crippen molar-refractivity contribution in [2.24, 2.45) is 0 Å². The number of amides is 1. The summed E-state index contributed by atoms with van der Waals surface area (Å²) in [4.78, 5) is 12.3. The third-order valence-electron chi connectivity index (χ3n) is 3.92. The zero-order valence-electron chi connectivity index (χ0n) is 15.4. The van der Waals surface area contributed by atoms with E-state index in [0.29, 0.717) is 22.2 Å². The molecule has 1 aromatic heterocycles. The fraction of sp³-hybridized carbons (Fsp3) is 0.250. The van der Waals surface area contributed by atoms with Gasteiger partial charge in [-0.3, -0.25) is 4.79 Å². The number of nitrogens with zero attached hydrogens (tertiary/aromatic N) is 3. The first-order chi connectivity index (χ1) is 13.5. The lowest BCUT2D eigenvalue weighted by Crippen LogP contribution is -2.15. The van der Waals surface area contributed by atoms with Gasteiger partial charge >= 0.3 is 0 Å². The molecule has 1 amide bonds. The molecule has 0 saturated heterocycles. The predicted molar refractivity (Wildman–Crippen MR) is 115 cm³/mol. The van der Waals surface area contributed by atoms with Gasteiger partial charge < -0.3 is 9.88 Å². The molecule has 0 spiro atoms. The van der Waals surface area contributed by atoms with Crippen molar-refractivity contribution in [1.29, 1.82) is 0 Å². The van der Waals surface area contributed by atoms with Gasteiger partial charge in [0, 0.05) is 28.7 Å². The highest BCUT2D eigenvalue weighted by atomic mass is 35.5. The number of carbonyl (C=O) groups is 1. The van der Waals surface area contributed by atoms with E-state index in [9.17, 15) is 4.79 Å². The molecule has 0 fully saturated rings. The summed E-state index contributed by atoms with van der Waals surface area (Å²) in [6.45, 7) is 2.92. The molecule has 0 bridgehead atoms. The van der Waals surface area contributed by atoms with Gasteiger partial charge in [-0.2, -0.15) is 0 Å². The van der Waals surface area contributed by atoms with E-state index in [1.807, 2.05) is 18.2 Å². The Morgan fingerprint density at radius 2 is 1.82 bits per heavy atom. The van der Waals surface area contributed by atoms with Gasteiger partial charge in [0.25, 0.3) is 0 Å². The van der Waals surface area contributed by atoms with E-state index in [0.717, 1.165) is 23.9 Å². The lowest BCUT2D eigenvalue weighted by atomic mass is 10.1. The molecule has 0 radical (unpaired) electrons. The van der Waals surface area contributed by atoms with Gasteiger partial charge in [-0.1, -0.05) is 72.2 Å². The molecule has 3 aromatic rings. The standard InChI is InChI=1S/C20H20Cl2N4OS/c1-2-8-26-18(9-14-6-4-3-5-7-14)24-25-20(26)28-13-19(27)23-17-11-15(21)10-16(22)12-17/h3-7,10-12H,2,8-9,13H2,1H3,(H,23,27). The zero-order valence-corrected chi connectivity index (χ0v) is 17.7. The Morgan fingerprint density at radius 1 is 1.11 bits per heavy atom. The molecule has 0 atom stereocenters. The SMILES string of the molecule is CCCn1c(Cc2ccccc2)nnc1SCC(=O)Nc1cc(Cl)cc(Cl)c1. The Balaban J connectivity index is 1.65. The van der Waals surface area contributed by atoms with Crippen LogP contribution in [-0.2, 0) is 17.8 Å². The van der Waals surface area contributed by atoms with Gasteiger partial charge in [0.1, 0.15) is 5.82 Å². The van der Waals surface area contributed by atoms with Gasteiger partial charge in [0.15, 0.2) is 5.16 Å². The average Bonchev–Trinajstić information content (AvgIpc) is 3.02. The maximum atomic E-state index is 12.3. The highest BCUT2D eigenvalue weighted by Gasteiger charge is 2.14. The predicted octanol–water partition coefficient (Wildman–Crippen LogP) is 5.32. The smallest absolute Gasteiger partial charge is 0.234 e. The van der Waals surface area contributed by atoms with Crippen molar-refractivity contribution in [2.45, 2.75) is 31.5 Å². The van der Waals surface area contributed by atoms with Crippen molar-refractivity contribution in [2.75, 3.05) is 11.1 Å². The topological polar surface area (TPSA) is 59.8 Å². The third kappa shape index (κ3) is 5.74. The van der Waals surface area contributed by atoms with Crippen LogP contribution in [0.3, 0.4) is 0 Å². The number of aromatic nitrogens is 3. The quantitative estimate of drug-likeness (QED) is 0.487. The van der Waals surface area contributed by atoms with Crippen LogP contribution < -0.4 is 5.32 Å². The van der Waals surface area contributed by atoms with Crippen LogP contribution in [0.2, 0.25) is 10.0 Å². The summed E-state index contributed by atoms with van der Waals surface area (Å²) in [7, 11) is 0. The molecule has 0 unspecified atom stereocenters. The number of thioether (sulfide) groups is 1. The largest absolute Gasteiger partial charge is 0.325 e. The van der Waals surface area contributed by atoms with Crippen molar-refractivity contribution in [3.05, 3.63) is 70.0 Å². The molecule has 0 aliphatic carbocycles. The van der Waals surface area contributed by atoms with Crippen LogP contribution in [-0.4, -0.2) is 26.4 Å². The highest BCUT2D eigenvalue weighted by molar-refractivity contribution is 7.99. The van der Waals surface area contributed by atoms with Gasteiger partial charge in [0.05, 0.1) is 5.75 Å². The fourth-order valence-corrected chi connectivity index (χ4v) is 4.05. The van der Waals surface area contributed by atoms with E-state index in [-0.39, 0.29) is 11.7 Å². The number of hydrogen-bond acceptors (Lipinski definition) is 4. The minimum atomic E-state index is -0.154. The van der Waals surface area contributed by atoms with Gasteiger partial charge in [-0.25, -0.2) is 0 Å². The Labute approximate surface area is 178 Å². The summed E-state index contributed by atoms with van der Waals surface area (Å²) < 4.78 is 2.08. The molecule has 0 saturated carbocycles. The van der Waals surface area contributed by atoms with Crippen LogP contribution in [0, 0.1) is 0 Å². The van der Waals surface area contributed by atoms with Gasteiger partial charge in [0.2, 0.25) is 5.91 Å². The molecule has 146 valence electrons. The molecule has 1 N–H and O–H groups in total. The minimum Gasteiger partial charge on any atom is -0.325 e. The summed E-state index contributed by atoms with van der Waals surface area (Å²) >= 11 is 13.3. The maximum absolute atomic E-state index is 12.3. The van der Waals surface area contributed by atoms with E-state index in [1.54, 1.807) is 18.2 Å². The second-order valence-electron chi connectivity index (χ2n) is 6.21. The van der Waals surface area contributed by atoms with E-state index < -0.39 is 0 Å². The van der Waals surface area contributed by atoms with Crippen molar-refractivity contribution in [3.63, 3.8) is 0 Å². The van der Waals surface area contributed by atoms with Gasteiger partial charge in [-0.05, 0) is 30.2 Å². The zero-order chi connectivity index (χ0) is 19.9. The van der Waals surface area contributed by atoms with Crippen molar-refractivity contribution in [1.82, 2.24) is 14.8 Å². The van der Waals surface area contributed by atoms with Crippen LogP contribution in [0.15, 0.2) is 53.7 Å². The number of halogens is 2. The first kappa shape index (κ1) is 20.7. The van der Waals surface area contributed by atoms with Crippen LogP contribution in [0.25, 0.3) is 0 Å². The van der Waals surface area contributed by atoms with Crippen molar-refractivity contribution < 1.29 is 4.79 Å².